The zero-order valence-electron chi connectivity index (χ0n) is 22.4. The van der Waals surface area contributed by atoms with E-state index in [1.54, 1.807) is 37.4 Å². The zero-order chi connectivity index (χ0) is 27.6. The van der Waals surface area contributed by atoms with Gasteiger partial charge in [0.05, 0.1) is 10.4 Å². The minimum absolute atomic E-state index is 0.196. The van der Waals surface area contributed by atoms with Crippen molar-refractivity contribution in [2.45, 2.75) is 44.2 Å². The molecule has 5 rings (SSSR count). The first-order valence-electron chi connectivity index (χ1n) is 13.5. The zero-order valence-corrected chi connectivity index (χ0v) is 23.2. The molecule has 0 amide bonds. The molecule has 2 aromatic heterocycles. The van der Waals surface area contributed by atoms with E-state index in [4.69, 9.17) is 0 Å². The Morgan fingerprint density at radius 1 is 1.00 bits per heavy atom. The van der Waals surface area contributed by atoms with Crippen LogP contribution in [-0.2, 0) is 30.2 Å². The van der Waals surface area contributed by atoms with E-state index in [0.717, 1.165) is 38.0 Å². The lowest BCUT2D eigenvalue weighted by Crippen LogP contribution is -2.38. The van der Waals surface area contributed by atoms with E-state index in [2.05, 4.69) is 38.9 Å². The average molecular weight is 550 g/mol. The smallest absolute Gasteiger partial charge is 0.331 e. The van der Waals surface area contributed by atoms with Crippen LogP contribution < -0.4 is 16.0 Å². The summed E-state index contributed by atoms with van der Waals surface area (Å²) in [4.78, 5) is 31.2. The van der Waals surface area contributed by atoms with Crippen molar-refractivity contribution in [3.05, 3.63) is 87.1 Å². The third kappa shape index (κ3) is 5.78. The number of aromatic nitrogens is 3. The van der Waals surface area contributed by atoms with Gasteiger partial charge in [0.2, 0.25) is 10.0 Å². The van der Waals surface area contributed by atoms with Gasteiger partial charge in [-0.05, 0) is 67.6 Å². The van der Waals surface area contributed by atoms with Crippen LogP contribution in [0.15, 0.2) is 75.1 Å². The topological polar surface area (TPSA) is 109 Å². The molecule has 39 heavy (non-hydrogen) atoms. The molecule has 0 aliphatic carbocycles. The van der Waals surface area contributed by atoms with Crippen LogP contribution in [0.4, 0.5) is 0 Å². The number of benzene rings is 2. The summed E-state index contributed by atoms with van der Waals surface area (Å²) in [6.07, 6.45) is 2.58. The highest BCUT2D eigenvalue weighted by molar-refractivity contribution is 7.89. The molecule has 3 heterocycles. The number of H-pyrrole nitrogens is 1. The molecular formula is C29H35N5O4S. The van der Waals surface area contributed by atoms with E-state index < -0.39 is 10.0 Å². The number of sulfonamides is 1. The second kappa shape index (κ2) is 11.3. The molecule has 0 radical (unpaired) electrons. The maximum Gasteiger partial charge on any atom is 0.331 e. The van der Waals surface area contributed by atoms with Crippen LogP contribution >= 0.6 is 0 Å². The van der Waals surface area contributed by atoms with Crippen molar-refractivity contribution < 1.29 is 8.42 Å². The van der Waals surface area contributed by atoms with Gasteiger partial charge in [0, 0.05) is 32.4 Å². The Balaban J connectivity index is 1.23. The van der Waals surface area contributed by atoms with Gasteiger partial charge in [0.1, 0.15) is 5.52 Å². The monoisotopic (exact) mass is 549 g/mol. The third-order valence-electron chi connectivity index (χ3n) is 7.58. The molecule has 1 aliphatic heterocycles. The summed E-state index contributed by atoms with van der Waals surface area (Å²) < 4.78 is 31.5. The molecule has 1 fully saturated rings. The Kier molecular flexibility index (Phi) is 7.88. The fourth-order valence-electron chi connectivity index (χ4n) is 5.27. The highest BCUT2D eigenvalue weighted by Gasteiger charge is 2.22. The van der Waals surface area contributed by atoms with Crippen molar-refractivity contribution in [1.82, 2.24) is 23.7 Å². The third-order valence-corrected chi connectivity index (χ3v) is 9.02. The number of nitrogens with one attached hydrogen (secondary N) is 2. The second-order valence-electron chi connectivity index (χ2n) is 10.3. The van der Waals surface area contributed by atoms with E-state index in [-0.39, 0.29) is 16.1 Å². The molecule has 1 aliphatic rings. The molecular weight excluding hydrogens is 514 g/mol. The van der Waals surface area contributed by atoms with E-state index >= 15 is 0 Å². The number of likely N-dealkylation sites (tertiary alicyclic amines) is 1. The molecule has 206 valence electrons. The Morgan fingerprint density at radius 3 is 2.36 bits per heavy atom. The normalized spacial score (nSPS) is 15.2. The number of piperidine rings is 1. The molecule has 0 atom stereocenters. The van der Waals surface area contributed by atoms with Gasteiger partial charge < -0.3 is 4.98 Å². The summed E-state index contributed by atoms with van der Waals surface area (Å²) in [5, 5.41) is 0. The molecule has 0 saturated carbocycles. The summed E-state index contributed by atoms with van der Waals surface area (Å²) in [5.74, 6) is 0.306. The van der Waals surface area contributed by atoms with Crippen LogP contribution in [0.2, 0.25) is 0 Å². The van der Waals surface area contributed by atoms with E-state index in [9.17, 15) is 18.0 Å². The summed E-state index contributed by atoms with van der Waals surface area (Å²) in [5.41, 5.74) is 2.83. The summed E-state index contributed by atoms with van der Waals surface area (Å²) >= 11 is 0. The van der Waals surface area contributed by atoms with Gasteiger partial charge in [0.25, 0.3) is 5.56 Å². The standard InChI is InChI=1S/C29H35N5O4S/c1-3-15-34-28(35)27-26(32(2)29(34)36)18-25(31-27)23-9-11-24(12-10-23)39(37,38)30-19-21-13-16-33(17-14-21)20-22-7-5-4-6-8-22/h4-12,18,21,30-31H,3,13-17,19-20H2,1-2H3. The predicted octanol–water partition coefficient (Wildman–Crippen LogP) is 3.30. The maximum absolute atomic E-state index is 13.0. The van der Waals surface area contributed by atoms with Crippen molar-refractivity contribution >= 4 is 21.1 Å². The highest BCUT2D eigenvalue weighted by atomic mass is 32.2. The van der Waals surface area contributed by atoms with Crippen LogP contribution in [0.3, 0.4) is 0 Å². The number of hydrogen-bond acceptors (Lipinski definition) is 5. The van der Waals surface area contributed by atoms with Gasteiger partial charge in [-0.1, -0.05) is 49.4 Å². The molecule has 2 N–H and O–H groups in total. The molecule has 2 aromatic carbocycles. The Labute approximate surface area is 228 Å². The Hall–Kier alpha value is -3.47. The predicted molar refractivity (Wildman–Crippen MR) is 153 cm³/mol. The Morgan fingerprint density at radius 2 is 1.69 bits per heavy atom. The van der Waals surface area contributed by atoms with E-state index in [1.165, 1.54) is 14.7 Å². The lowest BCUT2D eigenvalue weighted by Gasteiger charge is -2.32. The number of aromatic amines is 1. The van der Waals surface area contributed by atoms with Gasteiger partial charge in [-0.25, -0.2) is 17.9 Å². The largest absolute Gasteiger partial charge is 0.349 e. The van der Waals surface area contributed by atoms with Gasteiger partial charge in [0.15, 0.2) is 0 Å². The van der Waals surface area contributed by atoms with Gasteiger partial charge in [-0.2, -0.15) is 0 Å². The number of aryl methyl sites for hydroxylation is 1. The van der Waals surface area contributed by atoms with E-state index in [1.807, 2.05) is 13.0 Å². The average Bonchev–Trinajstić information content (AvgIpc) is 3.41. The molecule has 1 saturated heterocycles. The summed E-state index contributed by atoms with van der Waals surface area (Å²) in [6, 6.07) is 18.7. The van der Waals surface area contributed by atoms with Crippen LogP contribution in [0.25, 0.3) is 22.3 Å². The lowest BCUT2D eigenvalue weighted by atomic mass is 9.97. The van der Waals surface area contributed by atoms with Crippen molar-refractivity contribution in [3.63, 3.8) is 0 Å². The van der Waals surface area contributed by atoms with Crippen molar-refractivity contribution in [2.24, 2.45) is 13.0 Å². The lowest BCUT2D eigenvalue weighted by molar-refractivity contribution is 0.178. The molecule has 4 aromatic rings. The van der Waals surface area contributed by atoms with Crippen LogP contribution in [0.1, 0.15) is 31.7 Å². The number of rotatable bonds is 9. The molecule has 10 heteroatoms. The fourth-order valence-corrected chi connectivity index (χ4v) is 6.38. The SMILES string of the molecule is CCCn1c(=O)c2[nH]c(-c3ccc(S(=O)(=O)NCC4CCN(Cc5ccccc5)CC4)cc3)cc2n(C)c1=O. The second-order valence-corrected chi connectivity index (χ2v) is 12.1. The fraction of sp³-hybridized carbons (Fsp3) is 0.379. The Bertz CT molecular complexity index is 1660. The van der Waals surface area contributed by atoms with Crippen molar-refractivity contribution in [1.29, 1.82) is 0 Å². The van der Waals surface area contributed by atoms with Gasteiger partial charge in [-0.3, -0.25) is 18.8 Å². The van der Waals surface area contributed by atoms with Crippen molar-refractivity contribution in [2.75, 3.05) is 19.6 Å². The highest BCUT2D eigenvalue weighted by Crippen LogP contribution is 2.24. The van der Waals surface area contributed by atoms with Crippen LogP contribution in [0.5, 0.6) is 0 Å². The first-order valence-corrected chi connectivity index (χ1v) is 14.9. The van der Waals surface area contributed by atoms with Gasteiger partial charge in [-0.15, -0.1) is 0 Å². The minimum Gasteiger partial charge on any atom is -0.349 e. The number of nitrogens with zero attached hydrogens (tertiary/aromatic N) is 3. The summed E-state index contributed by atoms with van der Waals surface area (Å²) in [7, 11) is -2.01. The first kappa shape index (κ1) is 27.1. The minimum atomic E-state index is -3.65. The quantitative estimate of drug-likeness (QED) is 0.333. The van der Waals surface area contributed by atoms with Crippen LogP contribution in [-0.4, -0.2) is 47.1 Å². The first-order chi connectivity index (χ1) is 18.8. The molecule has 0 unspecified atom stereocenters. The van der Waals surface area contributed by atoms with Crippen LogP contribution in [0, 0.1) is 5.92 Å². The summed E-state index contributed by atoms with van der Waals surface area (Å²) in [6.45, 7) is 5.51. The molecule has 9 nitrogen and oxygen atoms in total. The van der Waals surface area contributed by atoms with Crippen molar-refractivity contribution in [3.8, 4) is 11.3 Å². The number of fused-ring (bicyclic) bond motifs is 1. The number of hydrogen-bond donors (Lipinski definition) is 2. The molecule has 0 spiro atoms. The maximum atomic E-state index is 13.0. The van der Waals surface area contributed by atoms with E-state index in [0.29, 0.717) is 42.2 Å². The molecule has 0 bridgehead atoms. The van der Waals surface area contributed by atoms with Gasteiger partial charge >= 0.3 is 5.69 Å².